The van der Waals surface area contributed by atoms with Gasteiger partial charge in [0.2, 0.25) is 11.9 Å². The number of alkyl halides is 2. The maximum absolute atomic E-state index is 14.1. The molecule has 16 heteroatoms. The van der Waals surface area contributed by atoms with Gasteiger partial charge in [-0.3, -0.25) is 4.79 Å². The number of rotatable bonds is 5. The van der Waals surface area contributed by atoms with Crippen LogP contribution < -0.4 is 5.32 Å². The van der Waals surface area contributed by atoms with Crippen LogP contribution in [0.3, 0.4) is 0 Å². The molecule has 188 valence electrons. The van der Waals surface area contributed by atoms with Crippen molar-refractivity contribution in [3.05, 3.63) is 71.0 Å². The Hall–Kier alpha value is -4.40. The summed E-state index contributed by atoms with van der Waals surface area (Å²) in [6.07, 6.45) is 7.10. The first-order valence-electron chi connectivity index (χ1n) is 10.8. The predicted molar refractivity (Wildman–Crippen MR) is 121 cm³/mol. The van der Waals surface area contributed by atoms with Crippen molar-refractivity contribution < 1.29 is 18.0 Å². The van der Waals surface area contributed by atoms with Crippen LogP contribution in [-0.4, -0.2) is 55.5 Å². The summed E-state index contributed by atoms with van der Waals surface area (Å²) < 4.78 is 41.8. The molecule has 1 aliphatic rings. The van der Waals surface area contributed by atoms with Crippen molar-refractivity contribution in [1.82, 2.24) is 49.6 Å². The van der Waals surface area contributed by atoms with E-state index in [1.165, 1.54) is 46.4 Å². The highest BCUT2D eigenvalue weighted by atomic mass is 35.5. The van der Waals surface area contributed by atoms with E-state index in [1.54, 1.807) is 6.92 Å². The molecule has 0 bridgehead atoms. The van der Waals surface area contributed by atoms with Crippen LogP contribution in [0.5, 0.6) is 0 Å². The molecule has 1 N–H and O–H groups in total. The van der Waals surface area contributed by atoms with Crippen LogP contribution in [0.25, 0.3) is 11.5 Å². The quantitative estimate of drug-likeness (QED) is 0.367. The molecule has 0 saturated carbocycles. The molecule has 5 aromatic rings. The zero-order chi connectivity index (χ0) is 25.9. The van der Waals surface area contributed by atoms with Gasteiger partial charge in [0.1, 0.15) is 0 Å². The Morgan fingerprint density at radius 3 is 2.62 bits per heavy atom. The van der Waals surface area contributed by atoms with Gasteiger partial charge in [-0.05, 0) is 19.4 Å². The second-order valence-corrected chi connectivity index (χ2v) is 8.96. The van der Waals surface area contributed by atoms with E-state index in [9.17, 15) is 18.0 Å². The highest BCUT2D eigenvalue weighted by Gasteiger charge is 2.49. The lowest BCUT2D eigenvalue weighted by atomic mass is 9.83. The molecular formula is C21H15ClF3N11O. The van der Waals surface area contributed by atoms with Crippen LogP contribution in [0.15, 0.2) is 43.1 Å². The molecule has 2 atom stereocenters. The summed E-state index contributed by atoms with van der Waals surface area (Å²) >= 11 is 6.32. The summed E-state index contributed by atoms with van der Waals surface area (Å²) in [6, 6.07) is 2.63. The molecule has 0 unspecified atom stereocenters. The Labute approximate surface area is 210 Å². The Morgan fingerprint density at radius 2 is 1.92 bits per heavy atom. The van der Waals surface area contributed by atoms with E-state index in [0.717, 1.165) is 6.07 Å². The lowest BCUT2D eigenvalue weighted by Gasteiger charge is -2.23. The smallest absolute Gasteiger partial charge is 0.324 e. The Morgan fingerprint density at radius 1 is 1.14 bits per heavy atom. The van der Waals surface area contributed by atoms with Gasteiger partial charge in [-0.15, -0.1) is 14.7 Å². The minimum absolute atomic E-state index is 0.106. The first-order chi connectivity index (χ1) is 17.7. The standard InChI is InChI=1S/C21H15ClF3N11O/c1-21(14-9-30-36(32-14)20(24)25)6-11(12-8-26-16-5-15(23)33-34(16)17(12)21)19(37)31-10-4-13(22)18(27-7-10)35-28-2-3-29-35/h2-5,7-9,11,20H,6H2,1H3,(H,31,37)/t11-,21+/m1/s1. The number of hydrogen-bond acceptors (Lipinski definition) is 8. The van der Waals surface area contributed by atoms with Crippen molar-refractivity contribution in [2.24, 2.45) is 0 Å². The fourth-order valence-corrected chi connectivity index (χ4v) is 4.87. The summed E-state index contributed by atoms with van der Waals surface area (Å²) in [4.78, 5) is 23.4. The second-order valence-electron chi connectivity index (χ2n) is 8.55. The third-order valence-corrected chi connectivity index (χ3v) is 6.53. The number of anilines is 1. The monoisotopic (exact) mass is 529 g/mol. The van der Waals surface area contributed by atoms with Gasteiger partial charge in [0.15, 0.2) is 11.5 Å². The predicted octanol–water partition coefficient (Wildman–Crippen LogP) is 2.92. The van der Waals surface area contributed by atoms with Gasteiger partial charge in [-0.25, -0.2) is 14.5 Å². The maximum Gasteiger partial charge on any atom is 0.348 e. The Bertz CT molecular complexity index is 1650. The van der Waals surface area contributed by atoms with Crippen molar-refractivity contribution in [3.63, 3.8) is 0 Å². The molecule has 5 aromatic heterocycles. The lowest BCUT2D eigenvalue weighted by molar-refractivity contribution is -0.117. The molecule has 0 aromatic carbocycles. The van der Waals surface area contributed by atoms with Crippen LogP contribution in [0.2, 0.25) is 5.02 Å². The van der Waals surface area contributed by atoms with E-state index in [-0.39, 0.29) is 33.4 Å². The SMILES string of the molecule is C[C@@]1(c2cnn(C(F)F)n2)C[C@@H](C(=O)Nc2cnc(-n3nccn3)c(Cl)c2)c2cnc3cc(F)nn3c21. The van der Waals surface area contributed by atoms with Gasteiger partial charge in [-0.1, -0.05) is 11.6 Å². The first-order valence-corrected chi connectivity index (χ1v) is 11.2. The largest absolute Gasteiger partial charge is 0.348 e. The molecule has 0 aliphatic heterocycles. The highest BCUT2D eigenvalue weighted by Crippen LogP contribution is 2.49. The van der Waals surface area contributed by atoms with Gasteiger partial charge in [0.05, 0.1) is 58.2 Å². The summed E-state index contributed by atoms with van der Waals surface area (Å²) in [5.74, 6) is -1.76. The topological polar surface area (TPSA) is 134 Å². The van der Waals surface area contributed by atoms with Crippen LogP contribution in [0.1, 0.15) is 42.8 Å². The van der Waals surface area contributed by atoms with Gasteiger partial charge in [0.25, 0.3) is 0 Å². The number of fused-ring (bicyclic) bond motifs is 3. The summed E-state index contributed by atoms with van der Waals surface area (Å²) in [7, 11) is 0. The third-order valence-electron chi connectivity index (χ3n) is 6.25. The molecule has 12 nitrogen and oxygen atoms in total. The third kappa shape index (κ3) is 3.69. The second kappa shape index (κ2) is 8.33. The van der Waals surface area contributed by atoms with Crippen molar-refractivity contribution >= 4 is 28.8 Å². The van der Waals surface area contributed by atoms with Gasteiger partial charge in [-0.2, -0.15) is 33.6 Å². The molecular weight excluding hydrogens is 515 g/mol. The van der Waals surface area contributed by atoms with Crippen molar-refractivity contribution in [2.45, 2.75) is 31.2 Å². The Balaban J connectivity index is 1.38. The normalized spacial score (nSPS) is 19.0. The lowest BCUT2D eigenvalue weighted by Crippen LogP contribution is -2.26. The van der Waals surface area contributed by atoms with E-state index in [1.807, 2.05) is 0 Å². The summed E-state index contributed by atoms with van der Waals surface area (Å²) in [6.45, 7) is -1.24. The van der Waals surface area contributed by atoms with E-state index < -0.39 is 29.7 Å². The Kier molecular flexibility index (Phi) is 5.18. The minimum atomic E-state index is -2.95. The molecule has 0 radical (unpaired) electrons. The summed E-state index contributed by atoms with van der Waals surface area (Å²) in [5.41, 5.74) is 0.411. The van der Waals surface area contributed by atoms with Crippen LogP contribution in [0, 0.1) is 5.95 Å². The fraction of sp³-hybridized carbons (Fsp3) is 0.238. The number of nitrogens with one attached hydrogen (secondary N) is 1. The number of halogens is 4. The highest BCUT2D eigenvalue weighted by molar-refractivity contribution is 6.32. The zero-order valence-electron chi connectivity index (χ0n) is 18.8. The number of amides is 1. The number of pyridine rings is 1. The van der Waals surface area contributed by atoms with Crippen molar-refractivity contribution in [3.8, 4) is 5.82 Å². The van der Waals surface area contributed by atoms with Crippen LogP contribution in [0.4, 0.5) is 18.9 Å². The van der Waals surface area contributed by atoms with E-state index in [0.29, 0.717) is 16.9 Å². The van der Waals surface area contributed by atoms with Crippen LogP contribution >= 0.6 is 11.6 Å². The molecule has 0 fully saturated rings. The average molecular weight is 530 g/mol. The van der Waals surface area contributed by atoms with Gasteiger partial charge in [0, 0.05) is 17.8 Å². The maximum atomic E-state index is 14.1. The number of hydrogen-bond donors (Lipinski definition) is 1. The number of aromatic nitrogens is 10. The molecule has 1 amide bonds. The molecule has 37 heavy (non-hydrogen) atoms. The van der Waals surface area contributed by atoms with Gasteiger partial charge < -0.3 is 5.32 Å². The molecule has 1 aliphatic carbocycles. The van der Waals surface area contributed by atoms with Crippen LogP contribution in [-0.2, 0) is 10.2 Å². The molecule has 6 rings (SSSR count). The molecule has 5 heterocycles. The average Bonchev–Trinajstić information content (AvgIpc) is 3.64. The zero-order valence-corrected chi connectivity index (χ0v) is 19.6. The number of nitrogens with zero attached hydrogens (tertiary/aromatic N) is 10. The summed E-state index contributed by atoms with van der Waals surface area (Å²) in [5, 5.41) is 22.4. The van der Waals surface area contributed by atoms with E-state index in [2.05, 4.69) is 40.8 Å². The van der Waals surface area contributed by atoms with E-state index in [4.69, 9.17) is 11.6 Å². The van der Waals surface area contributed by atoms with Crippen molar-refractivity contribution in [2.75, 3.05) is 5.32 Å². The fourth-order valence-electron chi connectivity index (χ4n) is 4.62. The number of carbonyl (C=O) groups excluding carboxylic acids is 1. The van der Waals surface area contributed by atoms with Gasteiger partial charge >= 0.3 is 6.55 Å². The van der Waals surface area contributed by atoms with Crippen molar-refractivity contribution in [1.29, 1.82) is 0 Å². The molecule has 0 saturated heterocycles. The molecule has 0 spiro atoms. The first kappa shape index (κ1) is 23.0. The number of carbonyl (C=O) groups is 1. The minimum Gasteiger partial charge on any atom is -0.324 e. The van der Waals surface area contributed by atoms with E-state index >= 15 is 0 Å².